The summed E-state index contributed by atoms with van der Waals surface area (Å²) in [5, 5.41) is 0. The molecule has 0 unspecified atom stereocenters. The minimum atomic E-state index is 0.626. The molecule has 44 valence electrons. The van der Waals surface area contributed by atoms with E-state index < -0.39 is 0 Å². The van der Waals surface area contributed by atoms with E-state index in [0.717, 1.165) is 0 Å². The van der Waals surface area contributed by atoms with Gasteiger partial charge in [0.25, 0.3) is 0 Å². The van der Waals surface area contributed by atoms with Crippen LogP contribution in [0, 0.1) is 12.3 Å². The van der Waals surface area contributed by atoms with Crippen LogP contribution in [0.5, 0.6) is 0 Å². The lowest BCUT2D eigenvalue weighted by Gasteiger charge is -1.91. The van der Waals surface area contributed by atoms with Crippen LogP contribution in [0.1, 0.15) is 13.3 Å². The second-order valence-electron chi connectivity index (χ2n) is 1.29. The lowest BCUT2D eigenvalue weighted by atomic mass is 10.5. The van der Waals surface area contributed by atoms with Crippen molar-refractivity contribution in [3.8, 4) is 12.3 Å². The van der Waals surface area contributed by atoms with Gasteiger partial charge in [-0.05, 0) is 6.92 Å². The quantitative estimate of drug-likeness (QED) is 0.304. The third-order valence-corrected chi connectivity index (χ3v) is 0.597. The molecule has 0 aromatic carbocycles. The Kier molecular flexibility index (Phi) is 5.41. The number of ether oxygens (including phenoxy) is 1. The molecular formula is C7H10O. The fraction of sp³-hybridized carbons (Fsp3) is 0.429. The standard InChI is InChI=1S/C7H10O/c1-3-5-7-8-6-4-2/h1,4,6H,5,7H2,2H3. The molecule has 0 saturated heterocycles. The van der Waals surface area contributed by atoms with E-state index >= 15 is 0 Å². The van der Waals surface area contributed by atoms with Crippen molar-refractivity contribution >= 4 is 0 Å². The number of hydrogen-bond acceptors (Lipinski definition) is 1. The van der Waals surface area contributed by atoms with E-state index in [9.17, 15) is 0 Å². The summed E-state index contributed by atoms with van der Waals surface area (Å²) >= 11 is 0. The van der Waals surface area contributed by atoms with Crippen molar-refractivity contribution in [3.05, 3.63) is 12.3 Å². The van der Waals surface area contributed by atoms with Crippen molar-refractivity contribution in [2.24, 2.45) is 0 Å². The van der Waals surface area contributed by atoms with E-state index in [1.165, 1.54) is 0 Å². The molecule has 0 fully saturated rings. The molecule has 0 spiro atoms. The first-order valence-corrected chi connectivity index (χ1v) is 2.58. The van der Waals surface area contributed by atoms with Gasteiger partial charge in [-0.3, -0.25) is 0 Å². The van der Waals surface area contributed by atoms with Crippen molar-refractivity contribution in [1.29, 1.82) is 0 Å². The third kappa shape index (κ3) is 5.10. The zero-order chi connectivity index (χ0) is 6.24. The lowest BCUT2D eigenvalue weighted by molar-refractivity contribution is 0.257. The predicted molar refractivity (Wildman–Crippen MR) is 34.2 cm³/mol. The van der Waals surface area contributed by atoms with Gasteiger partial charge in [0.2, 0.25) is 0 Å². The van der Waals surface area contributed by atoms with Crippen LogP contribution < -0.4 is 0 Å². The van der Waals surface area contributed by atoms with Gasteiger partial charge in [-0.1, -0.05) is 6.08 Å². The molecule has 0 bridgehead atoms. The summed E-state index contributed by atoms with van der Waals surface area (Å²) in [4.78, 5) is 0. The predicted octanol–water partition coefficient (Wildman–Crippen LogP) is 1.56. The summed E-state index contributed by atoms with van der Waals surface area (Å²) in [6.45, 7) is 2.52. The summed E-state index contributed by atoms with van der Waals surface area (Å²) in [5.41, 5.74) is 0. The van der Waals surface area contributed by atoms with Crippen molar-refractivity contribution in [3.63, 3.8) is 0 Å². The van der Waals surface area contributed by atoms with E-state index in [4.69, 9.17) is 11.2 Å². The topological polar surface area (TPSA) is 9.23 Å². The maximum Gasteiger partial charge on any atom is 0.0982 e. The molecular weight excluding hydrogens is 100 g/mol. The fourth-order valence-corrected chi connectivity index (χ4v) is 0.282. The average molecular weight is 110 g/mol. The molecule has 1 nitrogen and oxygen atoms in total. The molecule has 8 heavy (non-hydrogen) atoms. The summed E-state index contributed by atoms with van der Waals surface area (Å²) < 4.78 is 4.90. The van der Waals surface area contributed by atoms with Crippen LogP contribution in [-0.2, 0) is 4.74 Å². The van der Waals surface area contributed by atoms with Crippen LogP contribution in [0.2, 0.25) is 0 Å². The molecule has 0 aliphatic heterocycles. The SMILES string of the molecule is C#CCCOC=CC. The molecule has 0 aliphatic rings. The second kappa shape index (κ2) is 6.10. The summed E-state index contributed by atoms with van der Waals surface area (Å²) in [6.07, 6.45) is 9.11. The van der Waals surface area contributed by atoms with Crippen molar-refractivity contribution in [2.75, 3.05) is 6.61 Å². The Morgan fingerprint density at radius 1 is 1.75 bits per heavy atom. The molecule has 0 aromatic rings. The van der Waals surface area contributed by atoms with Gasteiger partial charge in [0.15, 0.2) is 0 Å². The molecule has 0 saturated carbocycles. The van der Waals surface area contributed by atoms with Crippen LogP contribution in [0.4, 0.5) is 0 Å². The van der Waals surface area contributed by atoms with Gasteiger partial charge in [-0.15, -0.1) is 12.3 Å². The maximum absolute atomic E-state index is 4.96. The normalized spacial score (nSPS) is 9.00. The molecule has 0 amide bonds. The number of allylic oxidation sites excluding steroid dienone is 1. The summed E-state index contributed by atoms with van der Waals surface area (Å²) in [6, 6.07) is 0. The highest BCUT2D eigenvalue weighted by Crippen LogP contribution is 1.79. The molecule has 0 aliphatic carbocycles. The average Bonchev–Trinajstić information content (AvgIpc) is 1.81. The lowest BCUT2D eigenvalue weighted by Crippen LogP contribution is -1.82. The smallest absolute Gasteiger partial charge is 0.0982 e. The van der Waals surface area contributed by atoms with Crippen molar-refractivity contribution < 1.29 is 4.74 Å². The Morgan fingerprint density at radius 2 is 2.50 bits per heavy atom. The Labute approximate surface area is 50.4 Å². The van der Waals surface area contributed by atoms with Gasteiger partial charge in [-0.25, -0.2) is 0 Å². The number of hydrogen-bond donors (Lipinski definition) is 0. The third-order valence-electron chi connectivity index (χ3n) is 0.597. The van der Waals surface area contributed by atoms with E-state index in [2.05, 4.69) is 5.92 Å². The van der Waals surface area contributed by atoms with E-state index in [1.54, 1.807) is 6.26 Å². The molecule has 1 heteroatoms. The summed E-state index contributed by atoms with van der Waals surface area (Å²) in [5.74, 6) is 2.47. The first kappa shape index (κ1) is 7.10. The molecule has 0 radical (unpaired) electrons. The number of rotatable bonds is 3. The Hall–Kier alpha value is -0.900. The van der Waals surface area contributed by atoms with Crippen LogP contribution in [0.15, 0.2) is 12.3 Å². The van der Waals surface area contributed by atoms with Crippen LogP contribution in [0.25, 0.3) is 0 Å². The molecule has 0 atom stereocenters. The largest absolute Gasteiger partial charge is 0.501 e. The molecule has 0 N–H and O–H groups in total. The van der Waals surface area contributed by atoms with Gasteiger partial charge < -0.3 is 4.74 Å². The first-order chi connectivity index (χ1) is 3.91. The van der Waals surface area contributed by atoms with Crippen molar-refractivity contribution in [1.82, 2.24) is 0 Å². The Bertz CT molecular complexity index is 97.4. The highest BCUT2D eigenvalue weighted by molar-refractivity contribution is 4.83. The van der Waals surface area contributed by atoms with E-state index in [-0.39, 0.29) is 0 Å². The van der Waals surface area contributed by atoms with Crippen LogP contribution in [-0.4, -0.2) is 6.61 Å². The minimum Gasteiger partial charge on any atom is -0.501 e. The fourth-order valence-electron chi connectivity index (χ4n) is 0.282. The second-order valence-corrected chi connectivity index (χ2v) is 1.29. The molecule has 0 aromatic heterocycles. The van der Waals surface area contributed by atoms with Gasteiger partial charge in [0, 0.05) is 6.42 Å². The highest BCUT2D eigenvalue weighted by Gasteiger charge is 1.73. The maximum atomic E-state index is 4.96. The zero-order valence-corrected chi connectivity index (χ0v) is 5.05. The summed E-state index contributed by atoms with van der Waals surface area (Å²) in [7, 11) is 0. The van der Waals surface area contributed by atoms with Crippen molar-refractivity contribution in [2.45, 2.75) is 13.3 Å². The van der Waals surface area contributed by atoms with E-state index in [0.29, 0.717) is 13.0 Å². The molecule has 0 heterocycles. The van der Waals surface area contributed by atoms with Crippen LogP contribution >= 0.6 is 0 Å². The Balaban J connectivity index is 2.85. The van der Waals surface area contributed by atoms with Crippen LogP contribution in [0.3, 0.4) is 0 Å². The molecule has 0 rings (SSSR count). The Morgan fingerprint density at radius 3 is 3.00 bits per heavy atom. The van der Waals surface area contributed by atoms with E-state index in [1.807, 2.05) is 13.0 Å². The van der Waals surface area contributed by atoms with Gasteiger partial charge in [-0.2, -0.15) is 0 Å². The minimum absolute atomic E-state index is 0.626. The van der Waals surface area contributed by atoms with Gasteiger partial charge in [0.05, 0.1) is 12.9 Å². The highest BCUT2D eigenvalue weighted by atomic mass is 16.5. The number of terminal acetylenes is 1. The monoisotopic (exact) mass is 110 g/mol. The van der Waals surface area contributed by atoms with Gasteiger partial charge in [0.1, 0.15) is 0 Å². The first-order valence-electron chi connectivity index (χ1n) is 2.58. The van der Waals surface area contributed by atoms with Gasteiger partial charge >= 0.3 is 0 Å². The zero-order valence-electron chi connectivity index (χ0n) is 5.05.